The van der Waals surface area contributed by atoms with Crippen LogP contribution in [0.25, 0.3) is 0 Å². The molecule has 0 spiro atoms. The summed E-state index contributed by atoms with van der Waals surface area (Å²) >= 11 is 18.4. The van der Waals surface area contributed by atoms with E-state index in [2.05, 4.69) is 4.90 Å². The van der Waals surface area contributed by atoms with E-state index in [4.69, 9.17) is 34.8 Å². The van der Waals surface area contributed by atoms with Crippen LogP contribution in [-0.2, 0) is 10.4 Å². The summed E-state index contributed by atoms with van der Waals surface area (Å²) in [6, 6.07) is 9.19. The summed E-state index contributed by atoms with van der Waals surface area (Å²) in [5, 5.41) is 21.2. The number of piperidine rings is 2. The molecule has 5 rings (SSSR count). The quantitative estimate of drug-likeness (QED) is 0.390. The molecular formula is C31H36Cl3F2N3O4. The molecule has 2 aromatic carbocycles. The number of likely N-dealkylation sites (tertiary alicyclic amines) is 2. The summed E-state index contributed by atoms with van der Waals surface area (Å²) in [4.78, 5) is 31.2. The maximum atomic E-state index is 14.1. The molecule has 3 aliphatic rings. The third-order valence-corrected chi connectivity index (χ3v) is 9.88. The number of alkyl halides is 2. The number of nitrogens with zero attached hydrogens (tertiary/aromatic N) is 3. The molecule has 2 amide bonds. The number of anilines is 1. The van der Waals surface area contributed by atoms with Crippen molar-refractivity contribution in [3.63, 3.8) is 0 Å². The summed E-state index contributed by atoms with van der Waals surface area (Å²) < 4.78 is 28.2. The normalized spacial score (nSPS) is 21.9. The summed E-state index contributed by atoms with van der Waals surface area (Å²) in [5.41, 5.74) is -1.91. The SMILES string of the molecule is O=C(c1ccc(N2CCC(CC3CCN(C(=O)[C@](O)(c4cc(Cl)cc(Cl)c4)C(F)F)CC3)CC2)cc1Cl)N1CC[C@@H](O)C1. The molecule has 3 fully saturated rings. The Morgan fingerprint density at radius 2 is 1.44 bits per heavy atom. The van der Waals surface area contributed by atoms with Crippen molar-refractivity contribution in [1.82, 2.24) is 9.80 Å². The van der Waals surface area contributed by atoms with Crippen molar-refractivity contribution >= 4 is 52.3 Å². The van der Waals surface area contributed by atoms with Gasteiger partial charge in [0.15, 0.2) is 0 Å². The van der Waals surface area contributed by atoms with Gasteiger partial charge < -0.3 is 24.9 Å². The Kier molecular flexibility index (Phi) is 10.1. The Bertz CT molecular complexity index is 1320. The van der Waals surface area contributed by atoms with E-state index in [1.807, 2.05) is 12.1 Å². The third kappa shape index (κ3) is 7.06. The van der Waals surface area contributed by atoms with Crippen LogP contribution in [0.2, 0.25) is 15.1 Å². The van der Waals surface area contributed by atoms with Gasteiger partial charge in [-0.05, 0) is 86.8 Å². The Morgan fingerprint density at radius 1 is 0.860 bits per heavy atom. The highest BCUT2D eigenvalue weighted by Gasteiger charge is 2.50. The first-order valence-corrected chi connectivity index (χ1v) is 15.9. The van der Waals surface area contributed by atoms with Gasteiger partial charge in [-0.25, -0.2) is 8.78 Å². The smallest absolute Gasteiger partial charge is 0.280 e. The molecule has 7 nitrogen and oxygen atoms in total. The van der Waals surface area contributed by atoms with Crippen LogP contribution in [0.3, 0.4) is 0 Å². The first-order chi connectivity index (χ1) is 20.4. The molecule has 2 atom stereocenters. The second-order valence-corrected chi connectivity index (χ2v) is 13.3. The van der Waals surface area contributed by atoms with Gasteiger partial charge in [-0.2, -0.15) is 0 Å². The van der Waals surface area contributed by atoms with E-state index >= 15 is 0 Å². The average Bonchev–Trinajstić information content (AvgIpc) is 3.42. The molecular weight excluding hydrogens is 623 g/mol. The molecule has 0 unspecified atom stereocenters. The van der Waals surface area contributed by atoms with Gasteiger partial charge in [-0.3, -0.25) is 9.59 Å². The van der Waals surface area contributed by atoms with Gasteiger partial charge in [0, 0.05) is 60.6 Å². The van der Waals surface area contributed by atoms with Gasteiger partial charge in [0.2, 0.25) is 5.60 Å². The first kappa shape index (κ1) is 32.2. The number of carbonyl (C=O) groups excluding carboxylic acids is 2. The fourth-order valence-corrected chi connectivity index (χ4v) is 7.38. The van der Waals surface area contributed by atoms with Crippen LogP contribution in [0.4, 0.5) is 14.5 Å². The van der Waals surface area contributed by atoms with Crippen LogP contribution in [0.15, 0.2) is 36.4 Å². The number of rotatable bonds is 7. The molecule has 0 radical (unpaired) electrons. The number of carbonyl (C=O) groups is 2. The molecule has 12 heteroatoms. The highest BCUT2D eigenvalue weighted by atomic mass is 35.5. The van der Waals surface area contributed by atoms with Gasteiger partial charge in [0.05, 0.1) is 16.7 Å². The Morgan fingerprint density at radius 3 is 1.98 bits per heavy atom. The summed E-state index contributed by atoms with van der Waals surface area (Å²) in [7, 11) is 0. The van der Waals surface area contributed by atoms with E-state index in [-0.39, 0.29) is 21.5 Å². The predicted molar refractivity (Wildman–Crippen MR) is 163 cm³/mol. The average molecular weight is 659 g/mol. The van der Waals surface area contributed by atoms with E-state index in [9.17, 15) is 28.6 Å². The van der Waals surface area contributed by atoms with E-state index in [0.29, 0.717) is 67.9 Å². The number of aliphatic hydroxyl groups is 2. The van der Waals surface area contributed by atoms with Crippen molar-refractivity contribution in [3.05, 3.63) is 62.6 Å². The highest BCUT2D eigenvalue weighted by molar-refractivity contribution is 6.35. The molecule has 3 saturated heterocycles. The van der Waals surface area contributed by atoms with E-state index < -0.39 is 24.0 Å². The van der Waals surface area contributed by atoms with E-state index in [1.165, 1.54) is 11.0 Å². The molecule has 2 N–H and O–H groups in total. The van der Waals surface area contributed by atoms with Crippen molar-refractivity contribution in [2.45, 2.75) is 56.7 Å². The molecule has 3 aliphatic heterocycles. The maximum absolute atomic E-state index is 14.1. The van der Waals surface area contributed by atoms with Gasteiger partial charge in [-0.1, -0.05) is 34.8 Å². The van der Waals surface area contributed by atoms with Crippen molar-refractivity contribution < 1.29 is 28.6 Å². The number of hydrogen-bond donors (Lipinski definition) is 2. The van der Waals surface area contributed by atoms with Crippen LogP contribution < -0.4 is 4.90 Å². The third-order valence-electron chi connectivity index (χ3n) is 9.13. The number of β-amino-alcohol motifs (C(OH)–C–C–N with tert-alkyl or cyclic N) is 1. The Balaban J connectivity index is 1.11. The molecule has 0 bridgehead atoms. The lowest BCUT2D eigenvalue weighted by Crippen LogP contribution is -2.53. The minimum atomic E-state index is -3.34. The molecule has 0 aromatic heterocycles. The first-order valence-electron chi connectivity index (χ1n) is 14.7. The van der Waals surface area contributed by atoms with Crippen LogP contribution in [-0.4, -0.2) is 83.6 Å². The minimum absolute atomic E-state index is 0.0633. The molecule has 234 valence electrons. The lowest BCUT2D eigenvalue weighted by atomic mass is 9.82. The summed E-state index contributed by atoms with van der Waals surface area (Å²) in [5.74, 6) is -0.318. The van der Waals surface area contributed by atoms with Crippen molar-refractivity contribution in [2.24, 2.45) is 11.8 Å². The minimum Gasteiger partial charge on any atom is -0.391 e. The fraction of sp³-hybridized carbons (Fsp3) is 0.548. The molecule has 0 aliphatic carbocycles. The second-order valence-electron chi connectivity index (χ2n) is 12.0. The van der Waals surface area contributed by atoms with Crippen molar-refractivity contribution in [3.8, 4) is 0 Å². The molecule has 2 aromatic rings. The zero-order valence-corrected chi connectivity index (χ0v) is 26.0. The van der Waals surface area contributed by atoms with E-state index in [0.717, 1.165) is 50.2 Å². The topological polar surface area (TPSA) is 84.3 Å². The lowest BCUT2D eigenvalue weighted by molar-refractivity contribution is -0.173. The molecule has 43 heavy (non-hydrogen) atoms. The van der Waals surface area contributed by atoms with Gasteiger partial charge in [0.1, 0.15) is 0 Å². The Labute approximate surface area is 265 Å². The van der Waals surface area contributed by atoms with Crippen LogP contribution in [0, 0.1) is 11.8 Å². The standard InChI is InChI=1S/C31H36Cl3F2N3O4/c32-22-14-21(15-23(33)16-22)31(43,29(35)36)30(42)38-10-5-20(6-11-38)13-19-3-8-37(9-4-19)24-1-2-26(27(34)17-24)28(41)39-12-7-25(40)18-39/h1-2,14-17,19-20,25,29,40,43H,3-13,18H2/t25-,31+/m1/s1. The van der Waals surface area contributed by atoms with Gasteiger partial charge in [-0.15, -0.1) is 0 Å². The molecule has 3 heterocycles. The summed E-state index contributed by atoms with van der Waals surface area (Å²) in [6.07, 6.45) is 1.09. The number of benzene rings is 2. The van der Waals surface area contributed by atoms with Crippen LogP contribution in [0.1, 0.15) is 54.4 Å². The largest absolute Gasteiger partial charge is 0.391 e. The summed E-state index contributed by atoms with van der Waals surface area (Å²) in [6.45, 7) is 3.16. The number of hydrogen-bond acceptors (Lipinski definition) is 5. The fourth-order valence-electron chi connectivity index (χ4n) is 6.60. The monoisotopic (exact) mass is 657 g/mol. The highest BCUT2D eigenvalue weighted by Crippen LogP contribution is 2.37. The van der Waals surface area contributed by atoms with E-state index in [1.54, 1.807) is 11.0 Å². The maximum Gasteiger partial charge on any atom is 0.280 e. The Hall–Kier alpha value is -2.17. The molecule has 0 saturated carbocycles. The second kappa shape index (κ2) is 13.4. The predicted octanol–water partition coefficient (Wildman–Crippen LogP) is 5.85. The zero-order valence-electron chi connectivity index (χ0n) is 23.7. The number of aliphatic hydroxyl groups excluding tert-OH is 1. The van der Waals surface area contributed by atoms with Crippen molar-refractivity contribution in [1.29, 1.82) is 0 Å². The van der Waals surface area contributed by atoms with Gasteiger partial charge in [0.25, 0.3) is 18.2 Å². The van der Waals surface area contributed by atoms with Crippen molar-refractivity contribution in [2.75, 3.05) is 44.2 Å². The van der Waals surface area contributed by atoms with Gasteiger partial charge >= 0.3 is 0 Å². The van der Waals surface area contributed by atoms with Crippen LogP contribution >= 0.6 is 34.8 Å². The zero-order chi connectivity index (χ0) is 30.9. The number of amides is 2. The lowest BCUT2D eigenvalue weighted by Gasteiger charge is -2.39. The number of halogens is 5. The van der Waals surface area contributed by atoms with Crippen LogP contribution in [0.5, 0.6) is 0 Å².